The molecule has 0 radical (unpaired) electrons. The Morgan fingerprint density at radius 3 is 2.81 bits per heavy atom. The molecule has 1 aromatic heterocycles. The van der Waals surface area contributed by atoms with E-state index in [0.29, 0.717) is 43.9 Å². The Morgan fingerprint density at radius 1 is 1.48 bits per heavy atom. The van der Waals surface area contributed by atoms with Gasteiger partial charge in [-0.05, 0) is 26.7 Å². The maximum absolute atomic E-state index is 12.5. The fraction of sp³-hybridized carbons (Fsp3) is 0.714. The van der Waals surface area contributed by atoms with Crippen molar-refractivity contribution in [2.24, 2.45) is 0 Å². The molecule has 120 valence electrons. The third-order valence-corrected chi connectivity index (χ3v) is 5.47. The van der Waals surface area contributed by atoms with Gasteiger partial charge in [0.15, 0.2) is 0 Å². The van der Waals surface area contributed by atoms with Crippen molar-refractivity contribution >= 4 is 10.0 Å². The van der Waals surface area contributed by atoms with Crippen LogP contribution in [0.4, 0.5) is 0 Å². The van der Waals surface area contributed by atoms with Crippen LogP contribution in [-0.2, 0) is 21.3 Å². The Morgan fingerprint density at radius 2 is 2.19 bits per heavy atom. The molecule has 0 bridgehead atoms. The molecule has 1 heterocycles. The number of nitrogens with zero attached hydrogens (tertiary/aromatic N) is 1. The number of rotatable bonds is 9. The van der Waals surface area contributed by atoms with Gasteiger partial charge in [-0.2, -0.15) is 4.31 Å². The SMILES string of the molecule is CCOCCN(C)S(=O)(=O)c1cc(CNC2CC2)oc1C. The lowest BCUT2D eigenvalue weighted by Crippen LogP contribution is -2.30. The highest BCUT2D eigenvalue weighted by atomic mass is 32.2. The molecular weight excluding hydrogens is 292 g/mol. The number of hydrogen-bond acceptors (Lipinski definition) is 5. The zero-order chi connectivity index (χ0) is 15.5. The average Bonchev–Trinajstić information content (AvgIpc) is 3.18. The first-order chi connectivity index (χ1) is 9.95. The monoisotopic (exact) mass is 316 g/mol. The quantitative estimate of drug-likeness (QED) is 0.699. The van der Waals surface area contributed by atoms with Crippen molar-refractivity contribution in [1.29, 1.82) is 0 Å². The summed E-state index contributed by atoms with van der Waals surface area (Å²) in [7, 11) is -1.96. The molecule has 1 aromatic rings. The summed E-state index contributed by atoms with van der Waals surface area (Å²) in [6, 6.07) is 2.18. The lowest BCUT2D eigenvalue weighted by Gasteiger charge is -2.16. The Kier molecular flexibility index (Phi) is 5.43. The average molecular weight is 316 g/mol. The van der Waals surface area contributed by atoms with Crippen LogP contribution in [0.15, 0.2) is 15.4 Å². The van der Waals surface area contributed by atoms with Gasteiger partial charge < -0.3 is 14.5 Å². The van der Waals surface area contributed by atoms with E-state index in [1.165, 1.54) is 17.1 Å². The minimum absolute atomic E-state index is 0.245. The Bertz CT molecular complexity index is 564. The summed E-state index contributed by atoms with van der Waals surface area (Å²) >= 11 is 0. The first kappa shape index (κ1) is 16.5. The Hall–Kier alpha value is -0.890. The fourth-order valence-electron chi connectivity index (χ4n) is 2.03. The predicted molar refractivity (Wildman–Crippen MR) is 79.6 cm³/mol. The van der Waals surface area contributed by atoms with Crippen molar-refractivity contribution in [3.8, 4) is 0 Å². The smallest absolute Gasteiger partial charge is 0.246 e. The zero-order valence-electron chi connectivity index (χ0n) is 12.9. The van der Waals surface area contributed by atoms with Crippen LogP contribution in [0.25, 0.3) is 0 Å². The molecular formula is C14H24N2O4S. The second kappa shape index (κ2) is 6.91. The van der Waals surface area contributed by atoms with Gasteiger partial charge in [-0.25, -0.2) is 8.42 Å². The van der Waals surface area contributed by atoms with Crippen molar-refractivity contribution in [1.82, 2.24) is 9.62 Å². The van der Waals surface area contributed by atoms with E-state index in [4.69, 9.17) is 9.15 Å². The summed E-state index contributed by atoms with van der Waals surface area (Å²) in [6.07, 6.45) is 2.37. The molecule has 0 spiro atoms. The highest BCUT2D eigenvalue weighted by molar-refractivity contribution is 7.89. The van der Waals surface area contributed by atoms with E-state index in [-0.39, 0.29) is 4.90 Å². The topological polar surface area (TPSA) is 71.8 Å². The molecule has 1 aliphatic carbocycles. The van der Waals surface area contributed by atoms with Crippen LogP contribution in [-0.4, -0.2) is 45.6 Å². The van der Waals surface area contributed by atoms with Gasteiger partial charge in [-0.1, -0.05) is 0 Å². The number of furan rings is 1. The lowest BCUT2D eigenvalue weighted by atomic mass is 10.4. The predicted octanol–water partition coefficient (Wildman–Crippen LogP) is 1.50. The van der Waals surface area contributed by atoms with Crippen molar-refractivity contribution in [2.45, 2.75) is 44.2 Å². The third kappa shape index (κ3) is 4.29. The van der Waals surface area contributed by atoms with Gasteiger partial charge in [0.05, 0.1) is 13.2 Å². The number of likely N-dealkylation sites (N-methyl/N-ethyl adjacent to an activating group) is 1. The minimum Gasteiger partial charge on any atom is -0.464 e. The molecule has 6 nitrogen and oxygen atoms in total. The summed E-state index contributed by atoms with van der Waals surface area (Å²) in [4.78, 5) is 0.245. The van der Waals surface area contributed by atoms with Crippen LogP contribution in [0.3, 0.4) is 0 Å². The van der Waals surface area contributed by atoms with Crippen LogP contribution in [0.2, 0.25) is 0 Å². The molecule has 2 rings (SSSR count). The van der Waals surface area contributed by atoms with Crippen molar-refractivity contribution in [2.75, 3.05) is 26.8 Å². The second-order valence-electron chi connectivity index (χ2n) is 5.31. The normalized spacial score (nSPS) is 15.8. The van der Waals surface area contributed by atoms with Gasteiger partial charge >= 0.3 is 0 Å². The number of sulfonamides is 1. The summed E-state index contributed by atoms with van der Waals surface area (Å²) in [6.45, 7) is 5.44. The number of hydrogen-bond donors (Lipinski definition) is 1. The van der Waals surface area contributed by atoms with Crippen molar-refractivity contribution < 1.29 is 17.6 Å². The van der Waals surface area contributed by atoms with E-state index < -0.39 is 10.0 Å². The second-order valence-corrected chi connectivity index (χ2v) is 7.33. The largest absolute Gasteiger partial charge is 0.464 e. The summed E-state index contributed by atoms with van der Waals surface area (Å²) < 4.78 is 37.1. The first-order valence-corrected chi connectivity index (χ1v) is 8.76. The lowest BCUT2D eigenvalue weighted by molar-refractivity contribution is 0.138. The van der Waals surface area contributed by atoms with Gasteiger partial charge in [-0.15, -0.1) is 0 Å². The van der Waals surface area contributed by atoms with E-state index in [1.54, 1.807) is 20.0 Å². The number of ether oxygens (including phenoxy) is 1. The molecule has 1 aliphatic rings. The first-order valence-electron chi connectivity index (χ1n) is 7.32. The van der Waals surface area contributed by atoms with E-state index in [0.717, 1.165) is 0 Å². The highest BCUT2D eigenvalue weighted by Gasteiger charge is 2.27. The van der Waals surface area contributed by atoms with Crippen LogP contribution < -0.4 is 5.32 Å². The molecule has 0 aliphatic heterocycles. The van der Waals surface area contributed by atoms with Crippen LogP contribution in [0, 0.1) is 6.92 Å². The Balaban J connectivity index is 2.03. The van der Waals surface area contributed by atoms with Crippen molar-refractivity contribution in [3.63, 3.8) is 0 Å². The zero-order valence-corrected chi connectivity index (χ0v) is 13.7. The maximum atomic E-state index is 12.5. The molecule has 1 saturated carbocycles. The molecule has 0 saturated heterocycles. The molecule has 0 amide bonds. The molecule has 0 unspecified atom stereocenters. The van der Waals surface area contributed by atoms with Crippen molar-refractivity contribution in [3.05, 3.63) is 17.6 Å². The van der Waals surface area contributed by atoms with E-state index in [1.807, 2.05) is 6.92 Å². The highest BCUT2D eigenvalue weighted by Crippen LogP contribution is 2.24. The summed E-state index contributed by atoms with van der Waals surface area (Å²) in [5.41, 5.74) is 0. The van der Waals surface area contributed by atoms with Gasteiger partial charge in [-0.3, -0.25) is 0 Å². The van der Waals surface area contributed by atoms with E-state index in [9.17, 15) is 8.42 Å². The van der Waals surface area contributed by atoms with E-state index >= 15 is 0 Å². The molecule has 0 aromatic carbocycles. The summed E-state index contributed by atoms with van der Waals surface area (Å²) in [5, 5.41) is 3.31. The number of nitrogens with one attached hydrogen (secondary N) is 1. The summed E-state index contributed by atoms with van der Waals surface area (Å²) in [5.74, 6) is 1.10. The van der Waals surface area contributed by atoms with Gasteiger partial charge in [0.1, 0.15) is 16.4 Å². The fourth-order valence-corrected chi connectivity index (χ4v) is 3.36. The van der Waals surface area contributed by atoms with Crippen LogP contribution in [0.5, 0.6) is 0 Å². The molecule has 1 N–H and O–H groups in total. The molecule has 1 fully saturated rings. The molecule has 7 heteroatoms. The molecule has 21 heavy (non-hydrogen) atoms. The maximum Gasteiger partial charge on any atom is 0.246 e. The third-order valence-electron chi connectivity index (χ3n) is 3.51. The standard InChI is InChI=1S/C14H24N2O4S/c1-4-19-8-7-16(3)21(17,18)14-9-13(20-11(14)2)10-15-12-5-6-12/h9,12,15H,4-8,10H2,1-3H3. The molecule has 0 atom stereocenters. The van der Waals surface area contributed by atoms with Crippen LogP contribution in [0.1, 0.15) is 31.3 Å². The number of aryl methyl sites for hydroxylation is 1. The minimum atomic E-state index is -3.52. The van der Waals surface area contributed by atoms with E-state index in [2.05, 4.69) is 5.32 Å². The van der Waals surface area contributed by atoms with Gasteiger partial charge in [0.2, 0.25) is 10.0 Å². The van der Waals surface area contributed by atoms with Crippen LogP contribution >= 0.6 is 0 Å². The van der Waals surface area contributed by atoms with Gasteiger partial charge in [0.25, 0.3) is 0 Å². The Labute approximate surface area is 126 Å². The van der Waals surface area contributed by atoms with Gasteiger partial charge in [0, 0.05) is 32.3 Å².